The summed E-state index contributed by atoms with van der Waals surface area (Å²) in [5.74, 6) is -0.811. The van der Waals surface area contributed by atoms with Gasteiger partial charge in [-0.05, 0) is 120 Å². The van der Waals surface area contributed by atoms with Gasteiger partial charge in [0.25, 0.3) is 0 Å². The van der Waals surface area contributed by atoms with E-state index in [0.717, 1.165) is 28.4 Å². The predicted molar refractivity (Wildman–Crippen MR) is 182 cm³/mol. The second-order valence-electron chi connectivity index (χ2n) is 11.1. The number of azo groups is 3. The van der Waals surface area contributed by atoms with E-state index in [1.54, 1.807) is 38.1 Å². The van der Waals surface area contributed by atoms with E-state index in [4.69, 9.17) is 0 Å². The van der Waals surface area contributed by atoms with Crippen LogP contribution >= 0.6 is 12.0 Å². The van der Waals surface area contributed by atoms with E-state index in [1.807, 2.05) is 43.3 Å². The number of nitrogens with zero attached hydrogens (tertiary/aromatic N) is 6. The van der Waals surface area contributed by atoms with Gasteiger partial charge in [-0.2, -0.15) is 24.8 Å². The van der Waals surface area contributed by atoms with E-state index >= 15 is 0 Å². The average molecular weight is 734 g/mol. The van der Waals surface area contributed by atoms with Crippen LogP contribution in [0.4, 0.5) is 34.1 Å². The van der Waals surface area contributed by atoms with Crippen LogP contribution in [0.25, 0.3) is 21.5 Å². The zero-order valence-electron chi connectivity index (χ0n) is 26.5. The van der Waals surface area contributed by atoms with Gasteiger partial charge in [0.05, 0.1) is 34.8 Å². The molecule has 0 saturated carbocycles. The maximum atomic E-state index is 11.1. The fraction of sp³-hybridized carbons (Fsp3) is 0.0857. The molecule has 13 nitrogen and oxygen atoms in total. The van der Waals surface area contributed by atoms with Crippen molar-refractivity contribution in [2.24, 2.45) is 30.7 Å². The summed E-state index contributed by atoms with van der Waals surface area (Å²) in [5, 5.41) is 83.2. The summed E-state index contributed by atoms with van der Waals surface area (Å²) in [6, 6.07) is 23.4. The molecule has 0 aliphatic heterocycles. The third-order valence-electron chi connectivity index (χ3n) is 7.60. The van der Waals surface area contributed by atoms with Crippen molar-refractivity contribution in [2.45, 2.75) is 25.7 Å². The molecule has 0 atom stereocenters. The van der Waals surface area contributed by atoms with Gasteiger partial charge in [-0.25, -0.2) is 0 Å². The third-order valence-corrected chi connectivity index (χ3v) is 8.15. The minimum atomic E-state index is -0.300. The molecule has 6 aromatic rings. The molecule has 50 heavy (non-hydrogen) atoms. The van der Waals surface area contributed by atoms with Crippen molar-refractivity contribution in [1.82, 2.24) is 0 Å². The van der Waals surface area contributed by atoms with Gasteiger partial charge >= 0.3 is 0 Å². The molecular weight excluding hydrogens is 707 g/mol. The monoisotopic (exact) mass is 733 g/mol. The number of benzene rings is 6. The number of aryl methyl sites for hydroxylation is 3. The van der Waals surface area contributed by atoms with Crippen LogP contribution in [0.3, 0.4) is 0 Å². The van der Waals surface area contributed by atoms with E-state index in [2.05, 4.69) is 40.1 Å². The van der Waals surface area contributed by atoms with Gasteiger partial charge in [0.1, 0.15) is 17.1 Å². The number of phenols is 4. The Balaban J connectivity index is 0.00000486. The van der Waals surface area contributed by atoms with Gasteiger partial charge in [0.2, 0.25) is 0 Å². The van der Waals surface area contributed by atoms with Crippen LogP contribution in [0, 0.1) is 20.8 Å². The van der Waals surface area contributed by atoms with Gasteiger partial charge in [-0.1, -0.05) is 6.07 Å². The molecule has 0 radical (unpaired) electrons. The van der Waals surface area contributed by atoms with Gasteiger partial charge in [-0.15, -0.1) is 10.2 Å². The molecule has 0 amide bonds. The standard InChI is InChI=1S/C35H28N6O7S.Ni/c1-18-11-26(49-48-47-46)15-22-14-24(4-7-27(18)22)38-39-29-17-32(43)30(12-19(29)2)40-41-34-20(3)10-21-13-23(5-8-28(21)35(34)45)36-37-25-6-9-31(42)33(44)16-25;/h4-17,42-46H,1-3H3;/p-1. The van der Waals surface area contributed by atoms with Crippen molar-refractivity contribution >= 4 is 67.7 Å². The second kappa shape index (κ2) is 15.4. The van der Waals surface area contributed by atoms with Crippen LogP contribution in [0.2, 0.25) is 0 Å². The van der Waals surface area contributed by atoms with Crippen molar-refractivity contribution in [1.29, 1.82) is 0 Å². The Morgan fingerprint density at radius 1 is 0.540 bits per heavy atom. The zero-order chi connectivity index (χ0) is 34.7. The number of hydrogen-bond donors (Lipinski definition) is 4. The molecule has 0 bridgehead atoms. The molecule has 6 rings (SSSR count). The fourth-order valence-corrected chi connectivity index (χ4v) is 5.64. The molecule has 4 N–H and O–H groups in total. The first-order valence-electron chi connectivity index (χ1n) is 14.6. The summed E-state index contributed by atoms with van der Waals surface area (Å²) in [6.45, 7) is 5.52. The fourth-order valence-electron chi connectivity index (χ4n) is 5.13. The van der Waals surface area contributed by atoms with Crippen LogP contribution < -0.4 is 5.26 Å². The van der Waals surface area contributed by atoms with E-state index in [0.29, 0.717) is 49.5 Å². The molecule has 0 heterocycles. The first kappa shape index (κ1) is 35.9. The number of aromatic hydroxyl groups is 4. The summed E-state index contributed by atoms with van der Waals surface area (Å²) < 4.78 is 4.44. The summed E-state index contributed by atoms with van der Waals surface area (Å²) in [6.07, 6.45) is 0. The molecule has 0 aliphatic carbocycles. The summed E-state index contributed by atoms with van der Waals surface area (Å²) in [7, 11) is 0. The van der Waals surface area contributed by atoms with Crippen LogP contribution in [0.1, 0.15) is 16.7 Å². The summed E-state index contributed by atoms with van der Waals surface area (Å²) >= 11 is 0.812. The molecule has 0 aliphatic rings. The molecule has 15 heteroatoms. The Hall–Kier alpha value is -5.44. The first-order valence-corrected chi connectivity index (χ1v) is 15.4. The van der Waals surface area contributed by atoms with Crippen LogP contribution in [-0.4, -0.2) is 20.4 Å². The normalized spacial score (nSPS) is 11.8. The molecule has 0 saturated heterocycles. The van der Waals surface area contributed by atoms with Crippen molar-refractivity contribution in [3.05, 3.63) is 102 Å². The van der Waals surface area contributed by atoms with Crippen molar-refractivity contribution in [3.8, 4) is 23.0 Å². The van der Waals surface area contributed by atoms with Crippen LogP contribution in [0.15, 0.2) is 121 Å². The number of rotatable bonds is 9. The Morgan fingerprint density at radius 2 is 1.16 bits per heavy atom. The second-order valence-corrected chi connectivity index (χ2v) is 11.8. The van der Waals surface area contributed by atoms with Crippen LogP contribution in [-0.2, 0) is 25.9 Å². The molecule has 0 spiro atoms. The summed E-state index contributed by atoms with van der Waals surface area (Å²) in [5.41, 5.74) is 4.59. The molecule has 0 aromatic heterocycles. The first-order chi connectivity index (χ1) is 23.6. The van der Waals surface area contributed by atoms with Crippen LogP contribution in [0.5, 0.6) is 23.0 Å². The maximum absolute atomic E-state index is 11.1. The van der Waals surface area contributed by atoms with E-state index in [-0.39, 0.29) is 50.9 Å². The Kier molecular flexibility index (Phi) is 11.1. The number of fused-ring (bicyclic) bond motifs is 2. The topological polar surface area (TPSA) is 197 Å². The van der Waals surface area contributed by atoms with E-state index in [1.165, 1.54) is 24.3 Å². The van der Waals surface area contributed by atoms with Crippen molar-refractivity contribution < 1.29 is 51.5 Å². The van der Waals surface area contributed by atoms with Gasteiger partial charge in [0.15, 0.2) is 17.2 Å². The third kappa shape index (κ3) is 7.89. The van der Waals surface area contributed by atoms with Crippen molar-refractivity contribution in [2.75, 3.05) is 0 Å². The smallest absolute Gasteiger partial charge is 0.159 e. The Morgan fingerprint density at radius 3 is 1.86 bits per heavy atom. The molecule has 0 unspecified atom stereocenters. The zero-order valence-corrected chi connectivity index (χ0v) is 28.3. The minimum Gasteiger partial charge on any atom is -0.691 e. The summed E-state index contributed by atoms with van der Waals surface area (Å²) in [4.78, 5) is 0.690. The average Bonchev–Trinajstić information content (AvgIpc) is 3.08. The molecular formula is C35H27N6NiO7S-. The molecule has 256 valence electrons. The molecule has 0 fully saturated rings. The SMILES string of the molecule is Cc1cc(N=Nc2c(C)cc3cc(N=Nc4ccc(O)c(O)c4)ccc3c2O)c(O)cc1N=Nc1ccc2c(C)cc(SOO[O-])cc2c1.[Ni]. The Bertz CT molecular complexity index is 2330. The predicted octanol–water partition coefficient (Wildman–Crippen LogP) is 10.2. The largest absolute Gasteiger partial charge is 0.691 e. The number of hydrogen-bond acceptors (Lipinski definition) is 14. The molecule has 6 aromatic carbocycles. The Labute approximate surface area is 299 Å². The van der Waals surface area contributed by atoms with Gasteiger partial charge in [0, 0.05) is 38.9 Å². The number of phenolic OH excluding ortho intramolecular Hbond substituents is 4. The minimum absolute atomic E-state index is 0. The van der Waals surface area contributed by atoms with E-state index in [9.17, 15) is 25.7 Å². The van der Waals surface area contributed by atoms with E-state index < -0.39 is 0 Å². The van der Waals surface area contributed by atoms with Crippen molar-refractivity contribution in [3.63, 3.8) is 0 Å². The van der Waals surface area contributed by atoms with Gasteiger partial charge in [-0.3, -0.25) is 5.04 Å². The quantitative estimate of drug-likeness (QED) is 0.0281. The maximum Gasteiger partial charge on any atom is 0.159 e. The van der Waals surface area contributed by atoms with Gasteiger partial charge < -0.3 is 25.7 Å².